The van der Waals surface area contributed by atoms with E-state index >= 15 is 0 Å². The highest BCUT2D eigenvalue weighted by molar-refractivity contribution is 6.46. The van der Waals surface area contributed by atoms with E-state index in [1.54, 1.807) is 36.4 Å². The Balaban J connectivity index is 1.86. The Morgan fingerprint density at radius 2 is 1.80 bits per heavy atom. The van der Waals surface area contributed by atoms with E-state index in [0.29, 0.717) is 58.9 Å². The molecule has 2 aromatic rings. The average Bonchev–Trinajstić information content (AvgIpc) is 3.00. The van der Waals surface area contributed by atoms with Gasteiger partial charge >= 0.3 is 0 Å². The van der Waals surface area contributed by atoms with Crippen molar-refractivity contribution in [2.75, 3.05) is 19.8 Å². The second kappa shape index (κ2) is 8.20. The van der Waals surface area contributed by atoms with Crippen LogP contribution in [0.5, 0.6) is 11.5 Å². The highest BCUT2D eigenvalue weighted by Gasteiger charge is 2.45. The highest BCUT2D eigenvalue weighted by atomic mass is 35.5. The number of aliphatic hydroxyl groups is 1. The second-order valence-electron chi connectivity index (χ2n) is 7.02. The van der Waals surface area contributed by atoms with Crippen molar-refractivity contribution >= 4 is 40.7 Å². The lowest BCUT2D eigenvalue weighted by Gasteiger charge is -2.25. The molecule has 8 heteroatoms. The van der Waals surface area contributed by atoms with Crippen LogP contribution in [0.15, 0.2) is 42.0 Å². The lowest BCUT2D eigenvalue weighted by Crippen LogP contribution is -2.30. The number of carbonyl (C=O) groups is 2. The van der Waals surface area contributed by atoms with E-state index in [4.69, 9.17) is 32.7 Å². The van der Waals surface area contributed by atoms with Gasteiger partial charge in [-0.15, -0.1) is 0 Å². The van der Waals surface area contributed by atoms with Crippen molar-refractivity contribution < 1.29 is 24.2 Å². The molecule has 156 valence electrons. The van der Waals surface area contributed by atoms with Gasteiger partial charge in [0.05, 0.1) is 21.7 Å². The second-order valence-corrected chi connectivity index (χ2v) is 7.84. The molecule has 0 radical (unpaired) electrons. The maximum Gasteiger partial charge on any atom is 0.295 e. The van der Waals surface area contributed by atoms with E-state index in [1.165, 1.54) is 4.90 Å². The summed E-state index contributed by atoms with van der Waals surface area (Å²) < 4.78 is 11.1. The SMILES string of the molecule is CCCN1C(=O)C(=O)/C(=C(\O)c2ccc3c(c2)OCCO3)C1c1ccc(Cl)c(Cl)c1. The summed E-state index contributed by atoms with van der Waals surface area (Å²) >= 11 is 12.2. The zero-order chi connectivity index (χ0) is 21.4. The number of halogens is 2. The summed E-state index contributed by atoms with van der Waals surface area (Å²) in [4.78, 5) is 27.1. The van der Waals surface area contributed by atoms with Crippen LogP contribution in [0.3, 0.4) is 0 Å². The molecular formula is C22H19Cl2NO5. The Labute approximate surface area is 183 Å². The number of carbonyl (C=O) groups excluding carboxylic acids is 2. The number of aliphatic hydroxyl groups excluding tert-OH is 1. The fourth-order valence-corrected chi connectivity index (χ4v) is 4.03. The number of hydrogen-bond donors (Lipinski definition) is 1. The normalized spacial score (nSPS) is 20.0. The Bertz CT molecular complexity index is 1070. The largest absolute Gasteiger partial charge is 0.507 e. The fraction of sp³-hybridized carbons (Fsp3) is 0.273. The number of ether oxygens (including phenoxy) is 2. The first kappa shape index (κ1) is 20.6. The van der Waals surface area contributed by atoms with Gasteiger partial charge in [0.2, 0.25) is 0 Å². The first-order valence-electron chi connectivity index (χ1n) is 9.55. The molecule has 30 heavy (non-hydrogen) atoms. The Morgan fingerprint density at radius 3 is 2.50 bits per heavy atom. The van der Waals surface area contributed by atoms with E-state index < -0.39 is 17.7 Å². The lowest BCUT2D eigenvalue weighted by molar-refractivity contribution is -0.139. The van der Waals surface area contributed by atoms with Crippen LogP contribution in [0.4, 0.5) is 0 Å². The van der Waals surface area contributed by atoms with Crippen molar-refractivity contribution in [3.63, 3.8) is 0 Å². The third-order valence-electron chi connectivity index (χ3n) is 5.08. The molecule has 1 atom stereocenters. The van der Waals surface area contributed by atoms with Crippen molar-refractivity contribution in [1.82, 2.24) is 4.90 Å². The van der Waals surface area contributed by atoms with Crippen molar-refractivity contribution in [1.29, 1.82) is 0 Å². The van der Waals surface area contributed by atoms with Crippen molar-refractivity contribution in [2.45, 2.75) is 19.4 Å². The quantitative estimate of drug-likeness (QED) is 0.421. The molecule has 2 aliphatic rings. The number of amides is 1. The average molecular weight is 448 g/mol. The van der Waals surface area contributed by atoms with E-state index in [-0.39, 0.29) is 11.3 Å². The van der Waals surface area contributed by atoms with Gasteiger partial charge in [-0.3, -0.25) is 9.59 Å². The molecule has 6 nitrogen and oxygen atoms in total. The molecule has 0 aliphatic carbocycles. The summed E-state index contributed by atoms with van der Waals surface area (Å²) in [5, 5.41) is 11.7. The summed E-state index contributed by atoms with van der Waals surface area (Å²) in [6, 6.07) is 9.04. The van der Waals surface area contributed by atoms with E-state index in [9.17, 15) is 14.7 Å². The van der Waals surface area contributed by atoms with Gasteiger partial charge in [-0.1, -0.05) is 36.2 Å². The molecule has 2 heterocycles. The molecule has 2 aliphatic heterocycles. The highest BCUT2D eigenvalue weighted by Crippen LogP contribution is 2.42. The van der Waals surface area contributed by atoms with Gasteiger partial charge in [-0.25, -0.2) is 0 Å². The fourth-order valence-electron chi connectivity index (χ4n) is 3.73. The molecule has 0 saturated carbocycles. The number of fused-ring (bicyclic) bond motifs is 1. The number of hydrogen-bond acceptors (Lipinski definition) is 5. The molecule has 1 fully saturated rings. The molecule has 4 rings (SSSR count). The monoisotopic (exact) mass is 447 g/mol. The molecule has 1 N–H and O–H groups in total. The summed E-state index contributed by atoms with van der Waals surface area (Å²) in [5.41, 5.74) is 0.957. The third kappa shape index (κ3) is 3.50. The van der Waals surface area contributed by atoms with Crippen LogP contribution < -0.4 is 9.47 Å². The maximum atomic E-state index is 12.9. The van der Waals surface area contributed by atoms with Crippen LogP contribution in [0.2, 0.25) is 10.0 Å². The summed E-state index contributed by atoms with van der Waals surface area (Å²) in [6.45, 7) is 3.10. The summed E-state index contributed by atoms with van der Waals surface area (Å²) in [7, 11) is 0. The van der Waals surface area contributed by atoms with Gasteiger partial charge in [-0.05, 0) is 42.3 Å². The Morgan fingerprint density at radius 1 is 1.07 bits per heavy atom. The number of benzene rings is 2. The molecule has 0 aromatic heterocycles. The number of rotatable bonds is 4. The van der Waals surface area contributed by atoms with Crippen molar-refractivity contribution in [3.8, 4) is 11.5 Å². The van der Waals surface area contributed by atoms with Crippen LogP contribution in [-0.2, 0) is 9.59 Å². The zero-order valence-corrected chi connectivity index (χ0v) is 17.7. The number of ketones is 1. The van der Waals surface area contributed by atoms with Crippen LogP contribution in [0.1, 0.15) is 30.5 Å². The predicted molar refractivity (Wildman–Crippen MR) is 113 cm³/mol. The van der Waals surface area contributed by atoms with Gasteiger partial charge in [-0.2, -0.15) is 0 Å². The van der Waals surface area contributed by atoms with Crippen LogP contribution >= 0.6 is 23.2 Å². The predicted octanol–water partition coefficient (Wildman–Crippen LogP) is 4.60. The molecular weight excluding hydrogens is 429 g/mol. The molecule has 1 saturated heterocycles. The number of Topliss-reactive ketones (excluding diaryl/α,β-unsaturated/α-hetero) is 1. The van der Waals surface area contributed by atoms with Crippen LogP contribution in [-0.4, -0.2) is 41.5 Å². The number of nitrogens with zero attached hydrogens (tertiary/aromatic N) is 1. The lowest BCUT2D eigenvalue weighted by atomic mass is 9.95. The van der Waals surface area contributed by atoms with Gasteiger partial charge in [0, 0.05) is 12.1 Å². The van der Waals surface area contributed by atoms with Gasteiger partial charge < -0.3 is 19.5 Å². The summed E-state index contributed by atoms with van der Waals surface area (Å²) in [6.07, 6.45) is 0.648. The van der Waals surface area contributed by atoms with E-state index in [0.717, 1.165) is 0 Å². The molecule has 0 bridgehead atoms. The van der Waals surface area contributed by atoms with E-state index in [2.05, 4.69) is 0 Å². The summed E-state index contributed by atoms with van der Waals surface area (Å²) in [5.74, 6) is -0.650. The first-order valence-corrected chi connectivity index (χ1v) is 10.3. The van der Waals surface area contributed by atoms with Gasteiger partial charge in [0.15, 0.2) is 11.5 Å². The maximum absolute atomic E-state index is 12.9. The minimum atomic E-state index is -0.770. The molecule has 2 aromatic carbocycles. The zero-order valence-electron chi connectivity index (χ0n) is 16.2. The van der Waals surface area contributed by atoms with Crippen molar-refractivity contribution in [2.24, 2.45) is 0 Å². The molecule has 1 amide bonds. The van der Waals surface area contributed by atoms with Crippen LogP contribution in [0, 0.1) is 0 Å². The van der Waals surface area contributed by atoms with Gasteiger partial charge in [0.25, 0.3) is 11.7 Å². The number of likely N-dealkylation sites (tertiary alicyclic amines) is 1. The Kier molecular flexibility index (Phi) is 5.62. The first-order chi connectivity index (χ1) is 14.4. The molecule has 1 unspecified atom stereocenters. The minimum absolute atomic E-state index is 0.00326. The Hall–Kier alpha value is -2.70. The standard InChI is InChI=1S/C22H19Cl2NO5/c1-2-7-25-19(12-3-5-14(23)15(24)10-12)18(21(27)22(25)28)20(26)13-4-6-16-17(11-13)30-9-8-29-16/h3-6,10-11,19,26H,2,7-9H2,1H3/b20-18-. The third-order valence-corrected chi connectivity index (χ3v) is 5.82. The smallest absolute Gasteiger partial charge is 0.295 e. The minimum Gasteiger partial charge on any atom is -0.507 e. The molecule has 0 spiro atoms. The van der Waals surface area contributed by atoms with Crippen LogP contribution in [0.25, 0.3) is 5.76 Å². The van der Waals surface area contributed by atoms with Gasteiger partial charge in [0.1, 0.15) is 19.0 Å². The van der Waals surface area contributed by atoms with Crippen molar-refractivity contribution in [3.05, 3.63) is 63.1 Å². The topological polar surface area (TPSA) is 76.1 Å². The van der Waals surface area contributed by atoms with E-state index in [1.807, 2.05) is 6.92 Å².